The Morgan fingerprint density at radius 2 is 1.97 bits per heavy atom. The van der Waals surface area contributed by atoms with Gasteiger partial charge in [-0.05, 0) is 37.6 Å². The molecule has 204 valence electrons. The van der Waals surface area contributed by atoms with Crippen LogP contribution >= 0.6 is 0 Å². The molecule has 1 aromatic heterocycles. The van der Waals surface area contributed by atoms with Crippen molar-refractivity contribution >= 4 is 35.3 Å². The Labute approximate surface area is 224 Å². The number of hydrogen-bond donors (Lipinski definition) is 3. The highest BCUT2D eigenvalue weighted by molar-refractivity contribution is 6.03. The smallest absolute Gasteiger partial charge is 0.270 e. The molecule has 1 saturated heterocycles. The van der Waals surface area contributed by atoms with E-state index in [0.29, 0.717) is 25.5 Å². The summed E-state index contributed by atoms with van der Waals surface area (Å²) in [6.45, 7) is 8.70. The van der Waals surface area contributed by atoms with Crippen molar-refractivity contribution in [3.8, 4) is 0 Å². The fourth-order valence-electron chi connectivity index (χ4n) is 5.42. The van der Waals surface area contributed by atoms with Crippen LogP contribution in [0.3, 0.4) is 0 Å². The minimum atomic E-state index is -0.717. The first-order chi connectivity index (χ1) is 18.3. The first-order valence-corrected chi connectivity index (χ1v) is 13.2. The Bertz CT molecular complexity index is 1240. The van der Waals surface area contributed by atoms with Gasteiger partial charge in [0.25, 0.3) is 5.91 Å². The van der Waals surface area contributed by atoms with Crippen LogP contribution in [0.1, 0.15) is 31.0 Å². The van der Waals surface area contributed by atoms with Crippen molar-refractivity contribution in [2.24, 2.45) is 17.0 Å². The summed E-state index contributed by atoms with van der Waals surface area (Å²) in [6.07, 6.45) is 3.39. The van der Waals surface area contributed by atoms with Gasteiger partial charge in [0.05, 0.1) is 6.10 Å². The average molecular weight is 522 g/mol. The number of nitrogens with zero attached hydrogens (tertiary/aromatic N) is 5. The molecule has 1 unspecified atom stereocenters. The Hall–Kier alpha value is -3.50. The lowest BCUT2D eigenvalue weighted by Crippen LogP contribution is -2.46. The Morgan fingerprint density at radius 1 is 1.24 bits per heavy atom. The molecule has 0 saturated carbocycles. The van der Waals surface area contributed by atoms with E-state index < -0.39 is 12.0 Å². The van der Waals surface area contributed by atoms with Crippen molar-refractivity contribution in [2.75, 3.05) is 39.8 Å². The maximum Gasteiger partial charge on any atom is 0.270 e. The highest BCUT2D eigenvalue weighted by Gasteiger charge is 2.25. The van der Waals surface area contributed by atoms with Crippen LogP contribution in [0.25, 0.3) is 10.9 Å². The van der Waals surface area contributed by atoms with E-state index in [9.17, 15) is 14.7 Å². The topological polar surface area (TPSA) is 115 Å². The van der Waals surface area contributed by atoms with Gasteiger partial charge >= 0.3 is 0 Å². The summed E-state index contributed by atoms with van der Waals surface area (Å²) in [5.41, 5.74) is 4.03. The van der Waals surface area contributed by atoms with Crippen LogP contribution in [0, 0.1) is 0 Å². The van der Waals surface area contributed by atoms with Crippen LogP contribution in [-0.2, 0) is 29.6 Å². The fourth-order valence-corrected chi connectivity index (χ4v) is 5.42. The maximum absolute atomic E-state index is 12.8. The van der Waals surface area contributed by atoms with Crippen molar-refractivity contribution in [3.05, 3.63) is 47.3 Å². The molecular weight excluding hydrogens is 482 g/mol. The number of aliphatic hydroxyl groups excluding tert-OH is 1. The summed E-state index contributed by atoms with van der Waals surface area (Å²) in [5, 5.41) is 18.1. The standard InChI is InChI=1S/C28H39N7O3/c1-19(36)35-13-9-20(10-14-35)32-27(30-3)15-24(29-2)28(38)31-16-21(37)17-34-12-11-23-22-7-5-6-8-25(22)33(4)26(23)18-34/h5-8,15,20-21,37H,2,9-14,16-18H2,1,3-4H3,(H,30,32)(H,31,38)/b24-15-. The predicted octanol–water partition coefficient (Wildman–Crippen LogP) is 1.23. The van der Waals surface area contributed by atoms with Crippen molar-refractivity contribution < 1.29 is 14.7 Å². The molecule has 0 radical (unpaired) electrons. The molecule has 38 heavy (non-hydrogen) atoms. The van der Waals surface area contributed by atoms with E-state index in [-0.39, 0.29) is 24.2 Å². The number of likely N-dealkylation sites (tertiary alicyclic amines) is 1. The number of aromatic nitrogens is 1. The summed E-state index contributed by atoms with van der Waals surface area (Å²) in [7, 11) is 3.74. The first kappa shape index (κ1) is 27.5. The van der Waals surface area contributed by atoms with Crippen LogP contribution in [0.4, 0.5) is 0 Å². The molecule has 0 spiro atoms. The van der Waals surface area contributed by atoms with Gasteiger partial charge in [0.2, 0.25) is 5.91 Å². The SMILES string of the molecule is C=N/C(=C\C(=N/C)NC1CCN(C(C)=O)CC1)C(=O)NCC(O)CN1CCc2c(n(C)c3ccccc23)C1. The monoisotopic (exact) mass is 521 g/mol. The third kappa shape index (κ3) is 6.31. The number of carbonyl (C=O) groups is 2. The molecule has 2 aromatic rings. The second kappa shape index (κ2) is 12.4. The second-order valence-corrected chi connectivity index (χ2v) is 10.1. The molecule has 10 nitrogen and oxygen atoms in total. The summed E-state index contributed by atoms with van der Waals surface area (Å²) in [4.78, 5) is 36.5. The third-order valence-electron chi connectivity index (χ3n) is 7.57. The molecular formula is C28H39N7O3. The number of nitrogens with one attached hydrogen (secondary N) is 2. The van der Waals surface area contributed by atoms with E-state index >= 15 is 0 Å². The van der Waals surface area contributed by atoms with Crippen LogP contribution in [-0.4, -0.2) is 95.8 Å². The summed E-state index contributed by atoms with van der Waals surface area (Å²) < 4.78 is 2.24. The highest BCUT2D eigenvalue weighted by Crippen LogP contribution is 2.29. The number of rotatable bonds is 8. The Balaban J connectivity index is 1.27. The number of para-hydroxylation sites is 1. The normalized spacial score (nSPS) is 18.3. The molecule has 1 aromatic carbocycles. The van der Waals surface area contributed by atoms with Crippen LogP contribution in [0.15, 0.2) is 46.0 Å². The minimum absolute atomic E-state index is 0.0864. The molecule has 0 aliphatic carbocycles. The molecule has 3 N–H and O–H groups in total. The van der Waals surface area contributed by atoms with E-state index in [1.165, 1.54) is 22.2 Å². The van der Waals surface area contributed by atoms with E-state index in [0.717, 1.165) is 32.4 Å². The molecule has 2 aliphatic heterocycles. The molecule has 3 heterocycles. The quantitative estimate of drug-likeness (QED) is 0.275. The van der Waals surface area contributed by atoms with Crippen LogP contribution in [0.2, 0.25) is 0 Å². The van der Waals surface area contributed by atoms with Gasteiger partial charge in [-0.3, -0.25) is 24.5 Å². The van der Waals surface area contributed by atoms with Crippen molar-refractivity contribution in [3.63, 3.8) is 0 Å². The fraction of sp³-hybridized carbons (Fsp3) is 0.500. The molecule has 2 aliphatic rings. The van der Waals surface area contributed by atoms with Gasteiger partial charge in [-0.15, -0.1) is 0 Å². The summed E-state index contributed by atoms with van der Waals surface area (Å²) in [6, 6.07) is 8.61. The molecule has 1 atom stereocenters. The van der Waals surface area contributed by atoms with Crippen molar-refractivity contribution in [1.29, 1.82) is 0 Å². The lowest BCUT2D eigenvalue weighted by molar-refractivity contribution is -0.129. The minimum Gasteiger partial charge on any atom is -0.390 e. The predicted molar refractivity (Wildman–Crippen MR) is 150 cm³/mol. The molecule has 1 fully saturated rings. The number of aliphatic imine (C=N–C) groups is 2. The Morgan fingerprint density at radius 3 is 2.66 bits per heavy atom. The third-order valence-corrected chi connectivity index (χ3v) is 7.57. The molecule has 0 bridgehead atoms. The zero-order chi connectivity index (χ0) is 27.2. The second-order valence-electron chi connectivity index (χ2n) is 10.1. The number of β-amino-alcohol motifs (C(OH)–C–C–N with tert-alkyl or cyclic N) is 1. The number of amides is 2. The van der Waals surface area contributed by atoms with Gasteiger partial charge in [-0.1, -0.05) is 18.2 Å². The zero-order valence-electron chi connectivity index (χ0n) is 22.6. The van der Waals surface area contributed by atoms with Crippen LogP contribution < -0.4 is 10.6 Å². The van der Waals surface area contributed by atoms with Crippen LogP contribution in [0.5, 0.6) is 0 Å². The summed E-state index contributed by atoms with van der Waals surface area (Å²) >= 11 is 0. The number of piperidine rings is 1. The molecule has 10 heteroatoms. The molecule has 4 rings (SSSR count). The van der Waals surface area contributed by atoms with E-state index in [1.807, 2.05) is 4.90 Å². The van der Waals surface area contributed by atoms with E-state index in [1.54, 1.807) is 20.0 Å². The van der Waals surface area contributed by atoms with Crippen molar-refractivity contribution in [1.82, 2.24) is 25.0 Å². The largest absolute Gasteiger partial charge is 0.390 e. The number of aliphatic hydroxyl groups is 1. The Kier molecular flexibility index (Phi) is 8.96. The number of amidine groups is 1. The van der Waals surface area contributed by atoms with E-state index in [2.05, 4.69) is 68.1 Å². The van der Waals surface area contributed by atoms with Gasteiger partial charge in [0, 0.05) is 89.0 Å². The lowest BCUT2D eigenvalue weighted by atomic mass is 10.0. The zero-order valence-corrected chi connectivity index (χ0v) is 22.6. The van der Waals surface area contributed by atoms with E-state index in [4.69, 9.17) is 0 Å². The summed E-state index contributed by atoms with van der Waals surface area (Å²) in [5.74, 6) is 0.203. The van der Waals surface area contributed by atoms with Gasteiger partial charge in [0.15, 0.2) is 0 Å². The van der Waals surface area contributed by atoms with Gasteiger partial charge < -0.3 is 25.2 Å². The lowest BCUT2D eigenvalue weighted by Gasteiger charge is -2.32. The van der Waals surface area contributed by atoms with Gasteiger partial charge in [-0.25, -0.2) is 0 Å². The number of hydrogen-bond acceptors (Lipinski definition) is 6. The first-order valence-electron chi connectivity index (χ1n) is 13.2. The van der Waals surface area contributed by atoms with Gasteiger partial charge in [-0.2, -0.15) is 0 Å². The average Bonchev–Trinajstić information content (AvgIpc) is 3.21. The number of fused-ring (bicyclic) bond motifs is 3. The maximum atomic E-state index is 12.8. The number of benzene rings is 1. The highest BCUT2D eigenvalue weighted by atomic mass is 16.3. The van der Waals surface area contributed by atoms with Gasteiger partial charge in [0.1, 0.15) is 11.5 Å². The number of carbonyl (C=O) groups excluding carboxylic acids is 2. The van der Waals surface area contributed by atoms with Crippen molar-refractivity contribution in [2.45, 2.75) is 44.9 Å². The molecule has 2 amide bonds. The number of aryl methyl sites for hydroxylation is 1.